The molecule has 120 valence electrons. The molecule has 6 nitrogen and oxygen atoms in total. The van der Waals surface area contributed by atoms with E-state index in [0.717, 1.165) is 25.8 Å². The molecule has 0 aliphatic rings. The molecule has 0 bridgehead atoms. The summed E-state index contributed by atoms with van der Waals surface area (Å²) in [5.74, 6) is 1.66. The van der Waals surface area contributed by atoms with E-state index in [1.807, 2.05) is 0 Å². The zero-order valence-corrected chi connectivity index (χ0v) is 13.9. The molecule has 0 aliphatic heterocycles. The highest BCUT2D eigenvalue weighted by Crippen LogP contribution is 2.16. The highest BCUT2D eigenvalue weighted by Gasteiger charge is 2.14. The molecule has 0 fully saturated rings. The van der Waals surface area contributed by atoms with Crippen LogP contribution in [0.2, 0.25) is 0 Å². The predicted octanol–water partition coefficient (Wildman–Crippen LogP) is 3.33. The monoisotopic (exact) mass is 295 g/mol. The molecule has 0 amide bonds. The fraction of sp³-hybridized carbons (Fsp3) is 0.800. The second kappa shape index (κ2) is 9.37. The summed E-state index contributed by atoms with van der Waals surface area (Å²) >= 11 is 0. The summed E-state index contributed by atoms with van der Waals surface area (Å²) in [6.45, 7) is 12.1. The van der Waals surface area contributed by atoms with Crippen molar-refractivity contribution in [3.8, 4) is 6.01 Å². The van der Waals surface area contributed by atoms with Crippen LogP contribution >= 0.6 is 0 Å². The number of aromatic nitrogens is 3. The second-order valence-electron chi connectivity index (χ2n) is 5.44. The highest BCUT2D eigenvalue weighted by atomic mass is 16.5. The number of hydrogen-bond acceptors (Lipinski definition) is 6. The standard InChI is InChI=1S/C15H29N5O/c1-6-9-16-13-18-14(17-12(8-3)11(4)5)20-15(19-13)21-10-7-2/h11-12H,6-10H2,1-5H3,(H2,16,17,18,19,20). The molecule has 0 spiro atoms. The molecule has 1 aromatic heterocycles. The van der Waals surface area contributed by atoms with Gasteiger partial charge in [0.1, 0.15) is 0 Å². The first-order valence-electron chi connectivity index (χ1n) is 7.99. The van der Waals surface area contributed by atoms with Crippen molar-refractivity contribution >= 4 is 11.9 Å². The third-order valence-corrected chi connectivity index (χ3v) is 3.14. The summed E-state index contributed by atoms with van der Waals surface area (Å²) in [6.07, 6.45) is 2.96. The maximum Gasteiger partial charge on any atom is 0.323 e. The molecule has 6 heteroatoms. The van der Waals surface area contributed by atoms with Gasteiger partial charge in [0.25, 0.3) is 0 Å². The molecule has 0 saturated heterocycles. The molecule has 21 heavy (non-hydrogen) atoms. The topological polar surface area (TPSA) is 72.0 Å². The van der Waals surface area contributed by atoms with Gasteiger partial charge in [-0.1, -0.05) is 34.6 Å². The first kappa shape index (κ1) is 17.5. The van der Waals surface area contributed by atoms with E-state index in [9.17, 15) is 0 Å². The average Bonchev–Trinajstić information content (AvgIpc) is 2.48. The molecule has 0 radical (unpaired) electrons. The van der Waals surface area contributed by atoms with Crippen molar-refractivity contribution in [1.82, 2.24) is 15.0 Å². The molecule has 0 aliphatic carbocycles. The number of nitrogens with one attached hydrogen (secondary N) is 2. The van der Waals surface area contributed by atoms with E-state index < -0.39 is 0 Å². The van der Waals surface area contributed by atoms with Gasteiger partial charge in [0.05, 0.1) is 6.61 Å². The Morgan fingerprint density at radius 1 is 1.00 bits per heavy atom. The predicted molar refractivity (Wildman–Crippen MR) is 86.9 cm³/mol. The van der Waals surface area contributed by atoms with Crippen LogP contribution in [0.5, 0.6) is 6.01 Å². The van der Waals surface area contributed by atoms with Gasteiger partial charge in [0, 0.05) is 12.6 Å². The molecule has 2 N–H and O–H groups in total. The summed E-state index contributed by atoms with van der Waals surface area (Å²) in [7, 11) is 0. The van der Waals surface area contributed by atoms with Crippen molar-refractivity contribution in [1.29, 1.82) is 0 Å². The lowest BCUT2D eigenvalue weighted by Gasteiger charge is -2.21. The highest BCUT2D eigenvalue weighted by molar-refractivity contribution is 5.36. The molecule has 1 heterocycles. The van der Waals surface area contributed by atoms with Gasteiger partial charge in [-0.2, -0.15) is 15.0 Å². The van der Waals surface area contributed by atoms with E-state index in [4.69, 9.17) is 4.74 Å². The van der Waals surface area contributed by atoms with Crippen LogP contribution < -0.4 is 15.4 Å². The fourth-order valence-electron chi connectivity index (χ4n) is 1.90. The van der Waals surface area contributed by atoms with Gasteiger partial charge < -0.3 is 15.4 Å². The van der Waals surface area contributed by atoms with Crippen molar-refractivity contribution in [2.45, 2.75) is 59.9 Å². The average molecular weight is 295 g/mol. The van der Waals surface area contributed by atoms with Gasteiger partial charge >= 0.3 is 6.01 Å². The number of rotatable bonds is 10. The van der Waals surface area contributed by atoms with Crippen LogP contribution in [0.15, 0.2) is 0 Å². The Bertz CT molecular complexity index is 385. The fourth-order valence-corrected chi connectivity index (χ4v) is 1.90. The van der Waals surface area contributed by atoms with E-state index in [1.54, 1.807) is 0 Å². The van der Waals surface area contributed by atoms with Crippen LogP contribution in [-0.2, 0) is 0 Å². The zero-order chi connectivity index (χ0) is 15.7. The van der Waals surface area contributed by atoms with Gasteiger partial charge in [-0.25, -0.2) is 0 Å². The van der Waals surface area contributed by atoms with Gasteiger partial charge in [-0.3, -0.25) is 0 Å². The SMILES string of the molecule is CCCNc1nc(NC(CC)C(C)C)nc(OCCC)n1. The van der Waals surface area contributed by atoms with Gasteiger partial charge in [0.2, 0.25) is 11.9 Å². The van der Waals surface area contributed by atoms with Gasteiger partial charge in [0.15, 0.2) is 0 Å². The molecule has 0 saturated carbocycles. The molecule has 0 aromatic carbocycles. The van der Waals surface area contributed by atoms with Crippen LogP contribution in [0.1, 0.15) is 53.9 Å². The van der Waals surface area contributed by atoms with Crippen molar-refractivity contribution in [2.24, 2.45) is 5.92 Å². The van der Waals surface area contributed by atoms with Crippen molar-refractivity contribution in [2.75, 3.05) is 23.8 Å². The third kappa shape index (κ3) is 6.14. The molecular weight excluding hydrogens is 266 g/mol. The van der Waals surface area contributed by atoms with Gasteiger partial charge in [-0.15, -0.1) is 0 Å². The van der Waals surface area contributed by atoms with E-state index in [1.165, 1.54) is 0 Å². The molecule has 1 atom stereocenters. The molecule has 1 rings (SSSR count). The lowest BCUT2D eigenvalue weighted by atomic mass is 10.0. The van der Waals surface area contributed by atoms with Crippen molar-refractivity contribution in [3.63, 3.8) is 0 Å². The lowest BCUT2D eigenvalue weighted by molar-refractivity contribution is 0.292. The van der Waals surface area contributed by atoms with E-state index in [0.29, 0.717) is 36.5 Å². The Balaban J connectivity index is 2.88. The summed E-state index contributed by atoms with van der Waals surface area (Å²) in [5.41, 5.74) is 0. The largest absolute Gasteiger partial charge is 0.463 e. The quantitative estimate of drug-likeness (QED) is 0.690. The van der Waals surface area contributed by atoms with Crippen LogP contribution in [0.4, 0.5) is 11.9 Å². The third-order valence-electron chi connectivity index (χ3n) is 3.14. The minimum Gasteiger partial charge on any atom is -0.463 e. The maximum absolute atomic E-state index is 5.55. The van der Waals surface area contributed by atoms with Crippen LogP contribution in [0, 0.1) is 5.92 Å². The minimum atomic E-state index is 0.338. The van der Waals surface area contributed by atoms with Crippen molar-refractivity contribution in [3.05, 3.63) is 0 Å². The first-order valence-corrected chi connectivity index (χ1v) is 7.99. The second-order valence-corrected chi connectivity index (χ2v) is 5.44. The van der Waals surface area contributed by atoms with Crippen LogP contribution in [-0.4, -0.2) is 34.1 Å². The van der Waals surface area contributed by atoms with E-state index in [2.05, 4.69) is 60.2 Å². The Morgan fingerprint density at radius 2 is 1.71 bits per heavy atom. The minimum absolute atomic E-state index is 0.338. The summed E-state index contributed by atoms with van der Waals surface area (Å²) < 4.78 is 5.55. The van der Waals surface area contributed by atoms with Crippen LogP contribution in [0.25, 0.3) is 0 Å². The Morgan fingerprint density at radius 3 is 2.29 bits per heavy atom. The molecule has 1 aromatic rings. The van der Waals surface area contributed by atoms with E-state index in [-0.39, 0.29) is 0 Å². The van der Waals surface area contributed by atoms with E-state index >= 15 is 0 Å². The summed E-state index contributed by atoms with van der Waals surface area (Å²) in [4.78, 5) is 13.1. The number of hydrogen-bond donors (Lipinski definition) is 2. The number of anilines is 2. The van der Waals surface area contributed by atoms with Crippen molar-refractivity contribution < 1.29 is 4.74 Å². The maximum atomic E-state index is 5.55. The smallest absolute Gasteiger partial charge is 0.323 e. The first-order chi connectivity index (χ1) is 10.1. The zero-order valence-electron chi connectivity index (χ0n) is 13.9. The van der Waals surface area contributed by atoms with Gasteiger partial charge in [-0.05, 0) is 25.2 Å². The number of nitrogens with zero attached hydrogens (tertiary/aromatic N) is 3. The summed E-state index contributed by atoms with van der Waals surface area (Å²) in [5, 5.41) is 6.57. The van der Waals surface area contributed by atoms with Crippen LogP contribution in [0.3, 0.4) is 0 Å². The molecular formula is C15H29N5O. The Kier molecular flexibility index (Phi) is 7.79. The Hall–Kier alpha value is -1.59. The summed E-state index contributed by atoms with van der Waals surface area (Å²) in [6, 6.07) is 0.719. The normalized spacial score (nSPS) is 12.3. The lowest BCUT2D eigenvalue weighted by Crippen LogP contribution is -2.26. The molecule has 1 unspecified atom stereocenters. The Labute approximate surface area is 128 Å². The number of ether oxygens (including phenoxy) is 1.